The van der Waals surface area contributed by atoms with E-state index in [1.165, 1.54) is 0 Å². The Morgan fingerprint density at radius 2 is 1.67 bits per heavy atom. The van der Waals surface area contributed by atoms with Gasteiger partial charge in [0.1, 0.15) is 11.5 Å². The van der Waals surface area contributed by atoms with E-state index < -0.39 is 0 Å². The predicted molar refractivity (Wildman–Crippen MR) is 110 cm³/mol. The van der Waals surface area contributed by atoms with Crippen molar-refractivity contribution in [2.24, 2.45) is 5.10 Å². The maximum absolute atomic E-state index is 10.3. The predicted octanol–water partition coefficient (Wildman–Crippen LogP) is 3.71. The minimum Gasteiger partial charge on any atom is -0.507 e. The first-order chi connectivity index (χ1) is 13.3. The molecule has 0 radical (unpaired) electrons. The number of rotatable bonds is 4. The number of anilines is 1. The molecule has 0 aromatic heterocycles. The normalized spacial score (nSPS) is 14.9. The molecule has 3 aromatic carbocycles. The Labute approximate surface area is 159 Å². The molecule has 138 valence electrons. The van der Waals surface area contributed by atoms with Gasteiger partial charge in [-0.1, -0.05) is 42.5 Å². The number of ether oxygens (including phenoxy) is 1. The summed E-state index contributed by atoms with van der Waals surface area (Å²) < 4.78 is 5.47. The molecule has 1 fully saturated rings. The molecule has 1 heterocycles. The fraction of sp³-hybridized carbons (Fsp3) is 0.227. The lowest BCUT2D eigenvalue weighted by Crippen LogP contribution is -2.44. The van der Waals surface area contributed by atoms with Gasteiger partial charge in [-0.3, -0.25) is 5.01 Å². The number of para-hydroxylation sites is 2. The molecule has 1 saturated heterocycles. The van der Waals surface area contributed by atoms with Crippen LogP contribution in [-0.2, 0) is 0 Å². The third-order valence-corrected chi connectivity index (χ3v) is 4.98. The Bertz CT molecular complexity index is 963. The number of nitrogens with zero attached hydrogens (tertiary/aromatic N) is 3. The van der Waals surface area contributed by atoms with Gasteiger partial charge in [0, 0.05) is 18.7 Å². The van der Waals surface area contributed by atoms with Crippen LogP contribution in [-0.4, -0.2) is 49.6 Å². The van der Waals surface area contributed by atoms with Crippen molar-refractivity contribution in [3.8, 4) is 11.5 Å². The summed E-state index contributed by atoms with van der Waals surface area (Å²) >= 11 is 0. The van der Waals surface area contributed by atoms with E-state index in [0.717, 1.165) is 54.0 Å². The second kappa shape index (κ2) is 7.58. The second-order valence-corrected chi connectivity index (χ2v) is 6.58. The summed E-state index contributed by atoms with van der Waals surface area (Å²) in [5.74, 6) is 1.15. The van der Waals surface area contributed by atoms with Crippen molar-refractivity contribution >= 4 is 22.7 Å². The zero-order valence-electron chi connectivity index (χ0n) is 15.4. The smallest absolute Gasteiger partial charge is 0.142 e. The SMILES string of the molecule is COc1ccccc1N1CCN(N=Cc2c(O)ccc3ccccc23)CC1. The molecular formula is C22H23N3O2. The summed E-state index contributed by atoms with van der Waals surface area (Å²) in [7, 11) is 1.70. The largest absolute Gasteiger partial charge is 0.507 e. The lowest BCUT2D eigenvalue weighted by Gasteiger charge is -2.35. The van der Waals surface area contributed by atoms with Crippen molar-refractivity contribution in [1.29, 1.82) is 0 Å². The number of benzene rings is 3. The third kappa shape index (κ3) is 3.53. The highest BCUT2D eigenvalue weighted by Crippen LogP contribution is 2.29. The van der Waals surface area contributed by atoms with Crippen molar-refractivity contribution < 1.29 is 9.84 Å². The van der Waals surface area contributed by atoms with E-state index in [0.29, 0.717) is 0 Å². The molecule has 1 aliphatic rings. The van der Waals surface area contributed by atoms with E-state index in [-0.39, 0.29) is 5.75 Å². The molecular weight excluding hydrogens is 338 g/mol. The number of hydrogen-bond acceptors (Lipinski definition) is 5. The fourth-order valence-corrected chi connectivity index (χ4v) is 3.50. The first-order valence-corrected chi connectivity index (χ1v) is 9.14. The van der Waals surface area contributed by atoms with Gasteiger partial charge < -0.3 is 14.7 Å². The first kappa shape index (κ1) is 17.2. The minimum absolute atomic E-state index is 0.255. The van der Waals surface area contributed by atoms with Crippen molar-refractivity contribution in [1.82, 2.24) is 5.01 Å². The Balaban J connectivity index is 1.48. The molecule has 0 spiro atoms. The Hall–Kier alpha value is -3.21. The third-order valence-electron chi connectivity index (χ3n) is 4.98. The molecule has 0 bridgehead atoms. The summed E-state index contributed by atoms with van der Waals surface area (Å²) in [5.41, 5.74) is 1.88. The lowest BCUT2D eigenvalue weighted by molar-refractivity contribution is 0.271. The number of piperazine rings is 1. The number of phenols is 1. The molecule has 0 atom stereocenters. The van der Waals surface area contributed by atoms with Crippen LogP contribution in [0.2, 0.25) is 0 Å². The summed E-state index contributed by atoms with van der Waals surface area (Å²) in [6.07, 6.45) is 1.77. The Kier molecular flexibility index (Phi) is 4.83. The van der Waals surface area contributed by atoms with Gasteiger partial charge in [0.2, 0.25) is 0 Å². The summed E-state index contributed by atoms with van der Waals surface area (Å²) in [6, 6.07) is 19.8. The maximum Gasteiger partial charge on any atom is 0.142 e. The first-order valence-electron chi connectivity index (χ1n) is 9.14. The lowest BCUT2D eigenvalue weighted by atomic mass is 10.0. The standard InChI is InChI=1S/C22H23N3O2/c1-27-22-9-5-4-8-20(22)24-12-14-25(15-13-24)23-16-19-18-7-3-2-6-17(18)10-11-21(19)26/h2-11,16,26H,12-15H2,1H3. The monoisotopic (exact) mass is 361 g/mol. The number of methoxy groups -OCH3 is 1. The van der Waals surface area contributed by atoms with E-state index in [9.17, 15) is 5.11 Å². The molecule has 4 rings (SSSR count). The Morgan fingerprint density at radius 3 is 2.48 bits per heavy atom. The van der Waals surface area contributed by atoms with Crippen LogP contribution in [0.1, 0.15) is 5.56 Å². The topological polar surface area (TPSA) is 48.3 Å². The van der Waals surface area contributed by atoms with Crippen LogP contribution in [0, 0.1) is 0 Å². The van der Waals surface area contributed by atoms with Crippen LogP contribution in [0.4, 0.5) is 5.69 Å². The highest BCUT2D eigenvalue weighted by atomic mass is 16.5. The van der Waals surface area contributed by atoms with Gasteiger partial charge in [0.25, 0.3) is 0 Å². The quantitative estimate of drug-likeness (QED) is 0.720. The van der Waals surface area contributed by atoms with Crippen LogP contribution < -0.4 is 9.64 Å². The van der Waals surface area contributed by atoms with Crippen LogP contribution >= 0.6 is 0 Å². The van der Waals surface area contributed by atoms with E-state index in [1.807, 2.05) is 53.5 Å². The van der Waals surface area contributed by atoms with Crippen molar-refractivity contribution in [3.05, 3.63) is 66.2 Å². The number of hydrogen-bond donors (Lipinski definition) is 1. The number of hydrazone groups is 1. The zero-order valence-corrected chi connectivity index (χ0v) is 15.4. The number of phenolic OH excluding ortho intramolecular Hbond substituents is 1. The van der Waals surface area contributed by atoms with Gasteiger partial charge in [-0.15, -0.1) is 0 Å². The van der Waals surface area contributed by atoms with E-state index in [2.05, 4.69) is 16.1 Å². The van der Waals surface area contributed by atoms with Gasteiger partial charge in [0.15, 0.2) is 0 Å². The van der Waals surface area contributed by atoms with E-state index >= 15 is 0 Å². The van der Waals surface area contributed by atoms with Gasteiger partial charge in [-0.05, 0) is 29.0 Å². The average molecular weight is 361 g/mol. The van der Waals surface area contributed by atoms with Gasteiger partial charge in [-0.2, -0.15) is 5.10 Å². The molecule has 5 nitrogen and oxygen atoms in total. The van der Waals surface area contributed by atoms with E-state index in [4.69, 9.17) is 4.74 Å². The van der Waals surface area contributed by atoms with Crippen LogP contribution in [0.3, 0.4) is 0 Å². The molecule has 1 N–H and O–H groups in total. The highest BCUT2D eigenvalue weighted by Gasteiger charge is 2.18. The van der Waals surface area contributed by atoms with E-state index in [1.54, 1.807) is 19.4 Å². The van der Waals surface area contributed by atoms with Gasteiger partial charge >= 0.3 is 0 Å². The summed E-state index contributed by atoms with van der Waals surface area (Å²) in [4.78, 5) is 2.32. The summed E-state index contributed by atoms with van der Waals surface area (Å²) in [5, 5.41) is 19.0. The number of aromatic hydroxyl groups is 1. The number of fused-ring (bicyclic) bond motifs is 1. The molecule has 0 saturated carbocycles. The van der Waals surface area contributed by atoms with Crippen LogP contribution in [0.25, 0.3) is 10.8 Å². The zero-order chi connectivity index (χ0) is 18.6. The molecule has 5 heteroatoms. The molecule has 3 aromatic rings. The second-order valence-electron chi connectivity index (χ2n) is 6.58. The van der Waals surface area contributed by atoms with Gasteiger partial charge in [-0.25, -0.2) is 0 Å². The fourth-order valence-electron chi connectivity index (χ4n) is 3.50. The molecule has 1 aliphatic heterocycles. The maximum atomic E-state index is 10.3. The van der Waals surface area contributed by atoms with Crippen molar-refractivity contribution in [3.63, 3.8) is 0 Å². The van der Waals surface area contributed by atoms with Crippen molar-refractivity contribution in [2.75, 3.05) is 38.2 Å². The molecule has 0 aliphatic carbocycles. The van der Waals surface area contributed by atoms with Crippen molar-refractivity contribution in [2.45, 2.75) is 0 Å². The highest BCUT2D eigenvalue weighted by molar-refractivity contribution is 6.02. The summed E-state index contributed by atoms with van der Waals surface area (Å²) in [6.45, 7) is 3.39. The van der Waals surface area contributed by atoms with Gasteiger partial charge in [0.05, 0.1) is 32.1 Å². The van der Waals surface area contributed by atoms with Crippen LogP contribution in [0.15, 0.2) is 65.8 Å². The molecule has 27 heavy (non-hydrogen) atoms. The molecule has 0 amide bonds. The van der Waals surface area contributed by atoms with Crippen LogP contribution in [0.5, 0.6) is 11.5 Å². The minimum atomic E-state index is 0.255. The molecule has 0 unspecified atom stereocenters. The average Bonchev–Trinajstić information content (AvgIpc) is 2.73. The Morgan fingerprint density at radius 1 is 0.926 bits per heavy atom.